The monoisotopic (exact) mass is 288 g/mol. The maximum absolute atomic E-state index is 4.49. The number of likely N-dealkylation sites (N-methyl/N-ethyl adjacent to an activating group) is 1. The minimum atomic E-state index is 0.737. The second-order valence-electron chi connectivity index (χ2n) is 6.81. The Bertz CT molecular complexity index is 493. The van der Waals surface area contributed by atoms with Crippen LogP contribution < -0.4 is 0 Å². The summed E-state index contributed by atoms with van der Waals surface area (Å²) in [6.45, 7) is 11.6. The van der Waals surface area contributed by atoms with Crippen LogP contribution in [-0.4, -0.2) is 52.3 Å². The molecule has 2 aliphatic rings. The summed E-state index contributed by atoms with van der Waals surface area (Å²) in [7, 11) is 2.31. The van der Waals surface area contributed by atoms with Crippen LogP contribution in [0.25, 0.3) is 0 Å². The number of allylic oxidation sites excluding steroid dienone is 1. The predicted molar refractivity (Wildman–Crippen MR) is 86.2 cm³/mol. The third-order valence-electron chi connectivity index (χ3n) is 5.21. The molecule has 0 N–H and O–H groups in total. The molecule has 4 heteroatoms. The van der Waals surface area contributed by atoms with Crippen molar-refractivity contribution in [3.63, 3.8) is 0 Å². The van der Waals surface area contributed by atoms with Gasteiger partial charge in [-0.2, -0.15) is 5.10 Å². The van der Waals surface area contributed by atoms with Gasteiger partial charge < -0.3 is 4.90 Å². The van der Waals surface area contributed by atoms with E-state index < -0.39 is 0 Å². The fourth-order valence-corrected chi connectivity index (χ4v) is 3.94. The number of aromatic nitrogens is 2. The molecule has 2 atom stereocenters. The van der Waals surface area contributed by atoms with Crippen LogP contribution in [0.1, 0.15) is 30.5 Å². The van der Waals surface area contributed by atoms with E-state index in [1.807, 2.05) is 17.0 Å². The zero-order chi connectivity index (χ0) is 14.8. The number of likely N-dealkylation sites (tertiary alicyclic amines) is 1. The summed E-state index contributed by atoms with van der Waals surface area (Å²) >= 11 is 0. The predicted octanol–water partition coefficient (Wildman–Crippen LogP) is 2.29. The summed E-state index contributed by atoms with van der Waals surface area (Å²) in [5, 5.41) is 4.49. The molecule has 3 rings (SSSR count). The first-order valence-electron chi connectivity index (χ1n) is 8.22. The Balaban J connectivity index is 1.71. The third-order valence-corrected chi connectivity index (χ3v) is 5.21. The van der Waals surface area contributed by atoms with Gasteiger partial charge >= 0.3 is 0 Å². The fraction of sp³-hybridized carbons (Fsp3) is 0.706. The topological polar surface area (TPSA) is 24.3 Å². The first-order chi connectivity index (χ1) is 10.2. The average Bonchev–Trinajstić information content (AvgIpc) is 2.60. The number of rotatable bonds is 4. The van der Waals surface area contributed by atoms with E-state index in [-0.39, 0.29) is 0 Å². The second-order valence-corrected chi connectivity index (χ2v) is 6.81. The van der Waals surface area contributed by atoms with Crippen LogP contribution in [0, 0.1) is 12.8 Å². The van der Waals surface area contributed by atoms with Crippen molar-refractivity contribution in [2.45, 2.75) is 45.3 Å². The molecule has 0 radical (unpaired) electrons. The summed E-state index contributed by atoms with van der Waals surface area (Å²) in [5.74, 6) is 0.839. The highest BCUT2D eigenvalue weighted by Gasteiger charge is 2.30. The molecule has 0 saturated carbocycles. The summed E-state index contributed by atoms with van der Waals surface area (Å²) in [5.41, 5.74) is 2.66. The van der Waals surface area contributed by atoms with E-state index in [2.05, 4.69) is 35.4 Å². The molecule has 116 valence electrons. The molecule has 1 aromatic rings. The van der Waals surface area contributed by atoms with Gasteiger partial charge in [0.05, 0.1) is 12.7 Å². The van der Waals surface area contributed by atoms with Crippen LogP contribution >= 0.6 is 0 Å². The van der Waals surface area contributed by atoms with Crippen LogP contribution in [0.5, 0.6) is 0 Å². The highest BCUT2D eigenvalue weighted by Crippen LogP contribution is 2.26. The molecule has 2 saturated heterocycles. The van der Waals surface area contributed by atoms with E-state index in [0.717, 1.165) is 25.0 Å². The van der Waals surface area contributed by atoms with Crippen LogP contribution in [-0.2, 0) is 13.1 Å². The smallest absolute Gasteiger partial charge is 0.0590 e. The first kappa shape index (κ1) is 14.8. The van der Waals surface area contributed by atoms with Gasteiger partial charge in [0.15, 0.2) is 0 Å². The molecule has 0 aliphatic carbocycles. The summed E-state index contributed by atoms with van der Waals surface area (Å²) < 4.78 is 2.05. The van der Waals surface area contributed by atoms with Gasteiger partial charge in [0.25, 0.3) is 0 Å². The standard InChI is InChI=1S/C17H28N4/c1-4-8-21-14(2)16(9-18-21)12-20-11-15-6-5-7-17(13-20)19(3)10-15/h4,9,15,17H,1,5-8,10-13H2,2-3H3/t15-,17-/m0/s1. The molecule has 0 unspecified atom stereocenters. The lowest BCUT2D eigenvalue weighted by Crippen LogP contribution is -2.38. The highest BCUT2D eigenvalue weighted by molar-refractivity contribution is 5.16. The van der Waals surface area contributed by atoms with Crippen LogP contribution in [0.3, 0.4) is 0 Å². The minimum absolute atomic E-state index is 0.737. The maximum atomic E-state index is 4.49. The minimum Gasteiger partial charge on any atom is -0.302 e. The van der Waals surface area contributed by atoms with Crippen molar-refractivity contribution in [1.29, 1.82) is 0 Å². The SMILES string of the molecule is C=CCn1ncc(CN2C[C@H]3CCC[C@@H](C2)N(C)C3)c1C. The molecule has 3 heterocycles. The van der Waals surface area contributed by atoms with Gasteiger partial charge in [-0.1, -0.05) is 12.5 Å². The lowest BCUT2D eigenvalue weighted by molar-refractivity contribution is 0.187. The van der Waals surface area contributed by atoms with E-state index in [4.69, 9.17) is 0 Å². The average molecular weight is 288 g/mol. The van der Waals surface area contributed by atoms with Crippen molar-refractivity contribution < 1.29 is 0 Å². The molecular formula is C17H28N4. The Morgan fingerprint density at radius 3 is 3.00 bits per heavy atom. The Labute approximate surface area is 128 Å². The lowest BCUT2D eigenvalue weighted by atomic mass is 9.99. The van der Waals surface area contributed by atoms with Gasteiger partial charge in [0.1, 0.15) is 0 Å². The highest BCUT2D eigenvalue weighted by atomic mass is 15.3. The molecular weight excluding hydrogens is 260 g/mol. The summed E-state index contributed by atoms with van der Waals surface area (Å²) in [6.07, 6.45) is 8.12. The van der Waals surface area contributed by atoms with Crippen LogP contribution in [0.2, 0.25) is 0 Å². The van der Waals surface area contributed by atoms with Gasteiger partial charge in [0.2, 0.25) is 0 Å². The third kappa shape index (κ3) is 3.22. The first-order valence-corrected chi connectivity index (χ1v) is 8.22. The molecule has 21 heavy (non-hydrogen) atoms. The second kappa shape index (κ2) is 6.32. The Kier molecular flexibility index (Phi) is 4.45. The summed E-state index contributed by atoms with van der Waals surface area (Å²) in [4.78, 5) is 5.24. The largest absolute Gasteiger partial charge is 0.302 e. The molecule has 2 bridgehead atoms. The number of nitrogens with zero attached hydrogens (tertiary/aromatic N) is 4. The van der Waals surface area contributed by atoms with Crippen LogP contribution in [0.15, 0.2) is 18.9 Å². The van der Waals surface area contributed by atoms with Gasteiger partial charge in [-0.15, -0.1) is 6.58 Å². The molecule has 2 fully saturated rings. The Hall–Kier alpha value is -1.13. The van der Waals surface area contributed by atoms with E-state index in [1.54, 1.807) is 0 Å². The van der Waals surface area contributed by atoms with E-state index >= 15 is 0 Å². The van der Waals surface area contributed by atoms with Crippen molar-refractivity contribution in [1.82, 2.24) is 19.6 Å². The van der Waals surface area contributed by atoms with Crippen molar-refractivity contribution in [2.24, 2.45) is 5.92 Å². The van der Waals surface area contributed by atoms with Gasteiger partial charge in [-0.3, -0.25) is 9.58 Å². The molecule has 0 spiro atoms. The molecule has 4 nitrogen and oxygen atoms in total. The number of hydrogen-bond acceptors (Lipinski definition) is 3. The molecule has 1 aromatic heterocycles. The normalized spacial score (nSPS) is 27.5. The van der Waals surface area contributed by atoms with E-state index in [9.17, 15) is 0 Å². The quantitative estimate of drug-likeness (QED) is 0.795. The lowest BCUT2D eigenvalue weighted by Gasteiger charge is -2.29. The zero-order valence-electron chi connectivity index (χ0n) is 13.5. The van der Waals surface area contributed by atoms with Gasteiger partial charge in [-0.25, -0.2) is 0 Å². The molecule has 0 aromatic carbocycles. The van der Waals surface area contributed by atoms with E-state index in [0.29, 0.717) is 0 Å². The zero-order valence-corrected chi connectivity index (χ0v) is 13.5. The Morgan fingerprint density at radius 1 is 1.33 bits per heavy atom. The number of hydrogen-bond donors (Lipinski definition) is 0. The van der Waals surface area contributed by atoms with Crippen molar-refractivity contribution in [2.75, 3.05) is 26.7 Å². The van der Waals surface area contributed by atoms with E-state index in [1.165, 1.54) is 50.2 Å². The van der Waals surface area contributed by atoms with Crippen molar-refractivity contribution in [3.05, 3.63) is 30.1 Å². The van der Waals surface area contributed by atoms with Gasteiger partial charge in [0, 0.05) is 43.5 Å². The molecule has 2 aliphatic heterocycles. The Morgan fingerprint density at radius 2 is 2.19 bits per heavy atom. The summed E-state index contributed by atoms with van der Waals surface area (Å²) in [6, 6.07) is 0.737. The number of fused-ring (bicyclic) bond motifs is 3. The van der Waals surface area contributed by atoms with Crippen molar-refractivity contribution in [3.8, 4) is 0 Å². The van der Waals surface area contributed by atoms with Crippen LogP contribution in [0.4, 0.5) is 0 Å². The van der Waals surface area contributed by atoms with Crippen molar-refractivity contribution >= 4 is 0 Å². The maximum Gasteiger partial charge on any atom is 0.0590 e. The fourth-order valence-electron chi connectivity index (χ4n) is 3.94. The molecule has 0 amide bonds. The van der Waals surface area contributed by atoms with Gasteiger partial charge in [-0.05, 0) is 32.7 Å².